The Hall–Kier alpha value is -2.67. The van der Waals surface area contributed by atoms with Gasteiger partial charge in [-0.2, -0.15) is 4.68 Å². The number of thiophene rings is 1. The van der Waals surface area contributed by atoms with Crippen LogP contribution in [0.4, 0.5) is 5.69 Å². The molecule has 2 aromatic heterocycles. The lowest BCUT2D eigenvalue weighted by atomic mass is 10.1. The molecular formula is C17H17N3O3S. The fourth-order valence-corrected chi connectivity index (χ4v) is 2.86. The molecule has 7 heteroatoms. The Labute approximate surface area is 142 Å². The second-order valence-electron chi connectivity index (χ2n) is 5.31. The largest absolute Gasteiger partial charge is 0.438 e. The van der Waals surface area contributed by atoms with Crippen LogP contribution in [0.3, 0.4) is 0 Å². The fourth-order valence-electron chi connectivity index (χ4n) is 2.21. The average Bonchev–Trinajstić information content (AvgIpc) is 3.24. The standard InChI is InChI=1S/C17H17N3O3S/c1-3-12-6-8-13(9-7-12)18-15(21)11(2)20-17(22)23-16(19-20)14-5-4-10-24-14/h4-11H,3H2,1-2H3,(H,18,21)/t11-/m0/s1. The molecule has 1 N–H and O–H groups in total. The van der Waals surface area contributed by atoms with Crippen LogP contribution in [0.1, 0.15) is 25.5 Å². The molecule has 0 aliphatic rings. The summed E-state index contributed by atoms with van der Waals surface area (Å²) < 4.78 is 6.20. The van der Waals surface area contributed by atoms with E-state index in [1.165, 1.54) is 16.9 Å². The first kappa shape index (κ1) is 16.2. The maximum atomic E-state index is 12.4. The van der Waals surface area contributed by atoms with Gasteiger partial charge in [0, 0.05) is 5.69 Å². The lowest BCUT2D eigenvalue weighted by molar-refractivity contribution is -0.119. The normalized spacial score (nSPS) is 12.1. The second-order valence-corrected chi connectivity index (χ2v) is 6.26. The molecule has 0 spiro atoms. The van der Waals surface area contributed by atoms with E-state index in [1.807, 2.05) is 35.7 Å². The Balaban J connectivity index is 1.77. The van der Waals surface area contributed by atoms with Crippen molar-refractivity contribution in [1.29, 1.82) is 0 Å². The van der Waals surface area contributed by atoms with Gasteiger partial charge in [-0.05, 0) is 42.5 Å². The number of anilines is 1. The van der Waals surface area contributed by atoms with Crippen LogP contribution in [-0.2, 0) is 11.2 Å². The van der Waals surface area contributed by atoms with Crippen molar-refractivity contribution in [3.63, 3.8) is 0 Å². The third kappa shape index (κ3) is 3.30. The number of carbonyl (C=O) groups excluding carboxylic acids is 1. The number of rotatable bonds is 5. The predicted molar refractivity (Wildman–Crippen MR) is 93.2 cm³/mol. The van der Waals surface area contributed by atoms with E-state index < -0.39 is 11.8 Å². The van der Waals surface area contributed by atoms with Crippen molar-refractivity contribution in [1.82, 2.24) is 9.78 Å². The minimum absolute atomic E-state index is 0.224. The molecule has 0 radical (unpaired) electrons. The maximum Gasteiger partial charge on any atom is 0.438 e. The van der Waals surface area contributed by atoms with Gasteiger partial charge in [-0.3, -0.25) is 4.79 Å². The molecule has 0 bridgehead atoms. The van der Waals surface area contributed by atoms with E-state index in [-0.39, 0.29) is 11.8 Å². The van der Waals surface area contributed by atoms with Gasteiger partial charge in [-0.15, -0.1) is 16.4 Å². The van der Waals surface area contributed by atoms with Crippen molar-refractivity contribution in [3.05, 3.63) is 57.9 Å². The van der Waals surface area contributed by atoms with Gasteiger partial charge in [-0.25, -0.2) is 4.79 Å². The van der Waals surface area contributed by atoms with Crippen molar-refractivity contribution < 1.29 is 9.21 Å². The summed E-state index contributed by atoms with van der Waals surface area (Å²) in [6.45, 7) is 3.68. The number of benzene rings is 1. The van der Waals surface area contributed by atoms with Gasteiger partial charge in [0.15, 0.2) is 0 Å². The number of nitrogens with zero attached hydrogens (tertiary/aromatic N) is 2. The molecule has 1 aromatic carbocycles. The van der Waals surface area contributed by atoms with Gasteiger partial charge in [0.05, 0.1) is 4.88 Å². The first-order valence-electron chi connectivity index (χ1n) is 7.62. The van der Waals surface area contributed by atoms with Crippen molar-refractivity contribution in [3.8, 4) is 10.8 Å². The summed E-state index contributed by atoms with van der Waals surface area (Å²) in [5.41, 5.74) is 1.87. The highest BCUT2D eigenvalue weighted by atomic mass is 32.1. The molecule has 0 fully saturated rings. The Morgan fingerprint density at radius 2 is 2.08 bits per heavy atom. The quantitative estimate of drug-likeness (QED) is 0.771. The van der Waals surface area contributed by atoms with E-state index in [1.54, 1.807) is 13.0 Å². The summed E-state index contributed by atoms with van der Waals surface area (Å²) in [7, 11) is 0. The third-order valence-electron chi connectivity index (χ3n) is 3.68. The van der Waals surface area contributed by atoms with E-state index >= 15 is 0 Å². The van der Waals surface area contributed by atoms with Gasteiger partial charge >= 0.3 is 5.76 Å². The topological polar surface area (TPSA) is 77.1 Å². The summed E-state index contributed by atoms with van der Waals surface area (Å²) in [5, 5.41) is 8.78. The van der Waals surface area contributed by atoms with Gasteiger partial charge in [0.1, 0.15) is 6.04 Å². The van der Waals surface area contributed by atoms with Crippen LogP contribution in [0.15, 0.2) is 51.0 Å². The lowest BCUT2D eigenvalue weighted by Crippen LogP contribution is -2.30. The number of amides is 1. The third-order valence-corrected chi connectivity index (χ3v) is 4.54. The van der Waals surface area contributed by atoms with Crippen molar-refractivity contribution in [2.75, 3.05) is 5.32 Å². The molecule has 2 heterocycles. The van der Waals surface area contributed by atoms with E-state index in [2.05, 4.69) is 17.3 Å². The molecule has 0 aliphatic carbocycles. The van der Waals surface area contributed by atoms with Crippen LogP contribution in [0.2, 0.25) is 0 Å². The van der Waals surface area contributed by atoms with E-state index in [9.17, 15) is 9.59 Å². The van der Waals surface area contributed by atoms with Gasteiger partial charge in [-0.1, -0.05) is 25.1 Å². The highest BCUT2D eigenvalue weighted by Gasteiger charge is 2.21. The van der Waals surface area contributed by atoms with E-state index in [0.717, 1.165) is 16.0 Å². The Morgan fingerprint density at radius 1 is 1.33 bits per heavy atom. The molecule has 3 aromatic rings. The zero-order chi connectivity index (χ0) is 17.1. The van der Waals surface area contributed by atoms with Crippen LogP contribution >= 0.6 is 11.3 Å². The van der Waals surface area contributed by atoms with Gasteiger partial charge in [0.2, 0.25) is 5.91 Å². The van der Waals surface area contributed by atoms with Gasteiger partial charge < -0.3 is 9.73 Å². The average molecular weight is 343 g/mol. The number of aromatic nitrogens is 2. The number of aryl methyl sites for hydroxylation is 1. The second kappa shape index (κ2) is 6.84. The van der Waals surface area contributed by atoms with Gasteiger partial charge in [0.25, 0.3) is 5.89 Å². The van der Waals surface area contributed by atoms with Crippen molar-refractivity contribution in [2.24, 2.45) is 0 Å². The first-order chi connectivity index (χ1) is 11.6. The van der Waals surface area contributed by atoms with Crippen LogP contribution in [0, 0.1) is 0 Å². The molecule has 3 rings (SSSR count). The molecule has 124 valence electrons. The number of hydrogen-bond acceptors (Lipinski definition) is 5. The summed E-state index contributed by atoms with van der Waals surface area (Å²) >= 11 is 1.42. The number of hydrogen-bond donors (Lipinski definition) is 1. The zero-order valence-electron chi connectivity index (χ0n) is 13.4. The van der Waals surface area contributed by atoms with E-state index in [4.69, 9.17) is 4.42 Å². The first-order valence-corrected chi connectivity index (χ1v) is 8.49. The predicted octanol–water partition coefficient (Wildman–Crippen LogP) is 3.33. The Kier molecular flexibility index (Phi) is 4.61. The molecule has 0 unspecified atom stereocenters. The molecule has 6 nitrogen and oxygen atoms in total. The molecule has 0 saturated carbocycles. The van der Waals surface area contributed by atoms with Crippen molar-refractivity contribution in [2.45, 2.75) is 26.3 Å². The highest BCUT2D eigenvalue weighted by Crippen LogP contribution is 2.22. The minimum Gasteiger partial charge on any atom is -0.387 e. The molecule has 0 aliphatic heterocycles. The molecule has 24 heavy (non-hydrogen) atoms. The molecule has 1 amide bonds. The smallest absolute Gasteiger partial charge is 0.387 e. The maximum absolute atomic E-state index is 12.4. The van der Waals surface area contributed by atoms with E-state index in [0.29, 0.717) is 5.69 Å². The number of carbonyl (C=O) groups is 1. The SMILES string of the molecule is CCc1ccc(NC(=O)[C@H](C)n2nc(-c3cccs3)oc2=O)cc1. The minimum atomic E-state index is -0.777. The zero-order valence-corrected chi connectivity index (χ0v) is 14.2. The van der Waals surface area contributed by atoms with Crippen molar-refractivity contribution >= 4 is 22.9 Å². The molecule has 0 saturated heterocycles. The highest BCUT2D eigenvalue weighted by molar-refractivity contribution is 7.13. The van der Waals surface area contributed by atoms with Crippen LogP contribution in [0.5, 0.6) is 0 Å². The molecular weight excluding hydrogens is 326 g/mol. The summed E-state index contributed by atoms with van der Waals surface area (Å²) in [6, 6.07) is 10.5. The Morgan fingerprint density at radius 3 is 2.71 bits per heavy atom. The Bertz CT molecular complexity index is 879. The van der Waals surface area contributed by atoms with Crippen LogP contribution in [-0.4, -0.2) is 15.7 Å². The summed E-state index contributed by atoms with van der Waals surface area (Å²) in [4.78, 5) is 25.1. The summed E-state index contributed by atoms with van der Waals surface area (Å²) in [5.74, 6) is -0.753. The van der Waals surface area contributed by atoms with Crippen LogP contribution < -0.4 is 11.1 Å². The summed E-state index contributed by atoms with van der Waals surface area (Å²) in [6.07, 6.45) is 0.935. The van der Waals surface area contributed by atoms with Crippen LogP contribution in [0.25, 0.3) is 10.8 Å². The molecule has 1 atom stereocenters. The monoisotopic (exact) mass is 343 g/mol. The lowest BCUT2D eigenvalue weighted by Gasteiger charge is -2.11. The fraction of sp³-hybridized carbons (Fsp3) is 0.235. The number of nitrogens with one attached hydrogen (secondary N) is 1.